The quantitative estimate of drug-likeness (QED) is 0.412. The molecule has 0 unspecified atom stereocenters. The van der Waals surface area contributed by atoms with Gasteiger partial charge in [0.1, 0.15) is 23.5 Å². The van der Waals surface area contributed by atoms with E-state index in [9.17, 15) is 23.3 Å². The third-order valence-corrected chi connectivity index (χ3v) is 5.21. The van der Waals surface area contributed by atoms with Crippen LogP contribution >= 0.6 is 0 Å². The van der Waals surface area contributed by atoms with Crippen molar-refractivity contribution in [3.05, 3.63) is 52.2 Å². The molecule has 2 aromatic rings. The number of rotatable bonds is 8. The summed E-state index contributed by atoms with van der Waals surface area (Å²) in [5.74, 6) is 0.342. The number of ether oxygens (including phenoxy) is 1. The Hall–Kier alpha value is -3.08. The van der Waals surface area contributed by atoms with Crippen molar-refractivity contribution >= 4 is 17.2 Å². The molecule has 0 radical (unpaired) electrons. The fourth-order valence-electron chi connectivity index (χ4n) is 3.54. The summed E-state index contributed by atoms with van der Waals surface area (Å²) in [6.45, 7) is 0.566. The number of nitrogens with zero attached hydrogens (tertiary/aromatic N) is 2. The summed E-state index contributed by atoms with van der Waals surface area (Å²) in [6.07, 6.45) is 0.0810. The first-order chi connectivity index (χ1) is 14.7. The molecule has 1 heterocycles. The molecule has 31 heavy (non-hydrogen) atoms. The Balaban J connectivity index is 1.68. The molecule has 1 aliphatic rings. The molecular formula is C20H24F3N5O3. The highest BCUT2D eigenvalue weighted by atomic mass is 19.4. The van der Waals surface area contributed by atoms with Gasteiger partial charge < -0.3 is 21.1 Å². The van der Waals surface area contributed by atoms with E-state index in [4.69, 9.17) is 5.73 Å². The maximum atomic E-state index is 12.6. The number of anilines is 2. The maximum Gasteiger partial charge on any atom is 0.573 e. The van der Waals surface area contributed by atoms with Gasteiger partial charge in [-0.2, -0.15) is 0 Å². The van der Waals surface area contributed by atoms with Crippen molar-refractivity contribution in [2.45, 2.75) is 44.6 Å². The summed E-state index contributed by atoms with van der Waals surface area (Å²) >= 11 is 0. The molecule has 1 aliphatic carbocycles. The number of nitro groups is 1. The van der Waals surface area contributed by atoms with Crippen LogP contribution in [-0.4, -0.2) is 28.9 Å². The molecule has 8 nitrogen and oxygen atoms in total. The number of hydrogen-bond acceptors (Lipinski definition) is 7. The molecular weight excluding hydrogens is 415 g/mol. The lowest BCUT2D eigenvalue weighted by Gasteiger charge is -2.26. The zero-order valence-electron chi connectivity index (χ0n) is 16.7. The minimum atomic E-state index is -4.80. The van der Waals surface area contributed by atoms with Crippen LogP contribution in [0.15, 0.2) is 36.5 Å². The van der Waals surface area contributed by atoms with Gasteiger partial charge in [-0.3, -0.25) is 10.1 Å². The van der Waals surface area contributed by atoms with E-state index < -0.39 is 11.3 Å². The van der Waals surface area contributed by atoms with Crippen LogP contribution in [0.3, 0.4) is 0 Å². The van der Waals surface area contributed by atoms with E-state index in [0.29, 0.717) is 24.0 Å². The Morgan fingerprint density at radius 1 is 1.19 bits per heavy atom. The van der Waals surface area contributed by atoms with Crippen molar-refractivity contribution in [2.75, 3.05) is 17.2 Å². The minimum Gasteiger partial charge on any atom is -0.405 e. The topological polar surface area (TPSA) is 115 Å². The summed E-state index contributed by atoms with van der Waals surface area (Å²) in [7, 11) is 0. The van der Waals surface area contributed by atoms with Gasteiger partial charge in [-0.15, -0.1) is 13.2 Å². The Labute approximate surface area is 177 Å². The van der Waals surface area contributed by atoms with Gasteiger partial charge in [0.25, 0.3) is 0 Å². The number of hydrogen-bond donors (Lipinski definition) is 3. The van der Waals surface area contributed by atoms with Crippen molar-refractivity contribution < 1.29 is 22.8 Å². The predicted octanol–water partition coefficient (Wildman–Crippen LogP) is 4.43. The number of pyridine rings is 1. The van der Waals surface area contributed by atoms with E-state index >= 15 is 0 Å². The van der Waals surface area contributed by atoms with Crippen LogP contribution < -0.4 is 21.1 Å². The fourth-order valence-corrected chi connectivity index (χ4v) is 3.54. The monoisotopic (exact) mass is 439 g/mol. The lowest BCUT2D eigenvalue weighted by molar-refractivity contribution is -0.384. The van der Waals surface area contributed by atoms with Gasteiger partial charge in [-0.25, -0.2) is 4.98 Å². The van der Waals surface area contributed by atoms with Crippen molar-refractivity contribution in [3.8, 4) is 5.75 Å². The smallest absolute Gasteiger partial charge is 0.405 e. The van der Waals surface area contributed by atoms with Crippen LogP contribution in [0, 0.1) is 16.0 Å². The van der Waals surface area contributed by atoms with Crippen LogP contribution in [0.25, 0.3) is 0 Å². The van der Waals surface area contributed by atoms with Crippen molar-refractivity contribution in [1.29, 1.82) is 0 Å². The molecule has 3 rings (SSSR count). The average Bonchev–Trinajstić information content (AvgIpc) is 2.71. The minimum absolute atomic E-state index is 0.00296. The molecule has 1 aromatic carbocycles. The van der Waals surface area contributed by atoms with Crippen LogP contribution in [0.5, 0.6) is 5.75 Å². The van der Waals surface area contributed by atoms with Gasteiger partial charge in [0.15, 0.2) is 0 Å². The molecule has 1 fully saturated rings. The Morgan fingerprint density at radius 2 is 1.90 bits per heavy atom. The number of benzene rings is 1. The Bertz CT molecular complexity index is 902. The lowest BCUT2D eigenvalue weighted by atomic mass is 9.86. The first-order valence-corrected chi connectivity index (χ1v) is 9.92. The molecule has 1 aromatic heterocycles. The lowest BCUT2D eigenvalue weighted by Crippen LogP contribution is -2.29. The second kappa shape index (κ2) is 9.82. The summed E-state index contributed by atoms with van der Waals surface area (Å²) in [5.41, 5.74) is 6.32. The summed E-state index contributed by atoms with van der Waals surface area (Å²) < 4.78 is 41.8. The number of nitrogens with one attached hydrogen (secondary N) is 2. The van der Waals surface area contributed by atoms with E-state index in [-0.39, 0.29) is 29.6 Å². The Kier molecular flexibility index (Phi) is 7.16. The number of para-hydroxylation sites is 1. The van der Waals surface area contributed by atoms with Gasteiger partial charge in [0, 0.05) is 30.8 Å². The van der Waals surface area contributed by atoms with Gasteiger partial charge >= 0.3 is 12.0 Å². The first-order valence-electron chi connectivity index (χ1n) is 9.92. The van der Waals surface area contributed by atoms with Gasteiger partial charge in [-0.1, -0.05) is 18.2 Å². The summed E-state index contributed by atoms with van der Waals surface area (Å²) in [6, 6.07) is 7.44. The second-order valence-corrected chi connectivity index (χ2v) is 7.51. The van der Waals surface area contributed by atoms with E-state index in [1.807, 2.05) is 0 Å². The summed E-state index contributed by atoms with van der Waals surface area (Å²) in [5, 5.41) is 17.4. The predicted molar refractivity (Wildman–Crippen MR) is 110 cm³/mol. The molecule has 0 amide bonds. The van der Waals surface area contributed by atoms with Crippen LogP contribution in [0.1, 0.15) is 31.2 Å². The summed E-state index contributed by atoms with van der Waals surface area (Å²) in [4.78, 5) is 14.8. The molecule has 0 bridgehead atoms. The number of aromatic nitrogens is 1. The van der Waals surface area contributed by atoms with Crippen molar-refractivity contribution in [3.63, 3.8) is 0 Å². The Morgan fingerprint density at radius 3 is 2.58 bits per heavy atom. The third-order valence-electron chi connectivity index (χ3n) is 5.21. The normalized spacial score (nSPS) is 19.0. The molecule has 0 aliphatic heterocycles. The van der Waals surface area contributed by atoms with E-state index in [1.54, 1.807) is 6.07 Å². The fraction of sp³-hybridized carbons (Fsp3) is 0.450. The zero-order chi connectivity index (χ0) is 22.4. The second-order valence-electron chi connectivity index (χ2n) is 7.51. The highest BCUT2D eigenvalue weighted by Gasteiger charge is 2.32. The highest BCUT2D eigenvalue weighted by molar-refractivity contribution is 5.65. The molecule has 0 spiro atoms. The largest absolute Gasteiger partial charge is 0.573 e. The maximum absolute atomic E-state index is 12.6. The molecule has 0 atom stereocenters. The number of nitrogens with two attached hydrogens (primary N) is 1. The van der Waals surface area contributed by atoms with Crippen molar-refractivity contribution in [1.82, 2.24) is 4.98 Å². The van der Waals surface area contributed by atoms with E-state index in [2.05, 4.69) is 20.4 Å². The molecule has 0 saturated heterocycles. The molecule has 4 N–H and O–H groups in total. The molecule has 168 valence electrons. The van der Waals surface area contributed by atoms with Gasteiger partial charge in [0.05, 0.1) is 4.92 Å². The van der Waals surface area contributed by atoms with Gasteiger partial charge in [0.2, 0.25) is 0 Å². The van der Waals surface area contributed by atoms with Crippen molar-refractivity contribution in [2.24, 2.45) is 11.7 Å². The van der Waals surface area contributed by atoms with Crippen LogP contribution in [-0.2, 0) is 6.54 Å². The number of alkyl halides is 3. The van der Waals surface area contributed by atoms with Gasteiger partial charge in [-0.05, 0) is 37.7 Å². The molecule has 11 heteroatoms. The van der Waals surface area contributed by atoms with E-state index in [0.717, 1.165) is 31.9 Å². The average molecular weight is 439 g/mol. The zero-order valence-corrected chi connectivity index (χ0v) is 16.7. The van der Waals surface area contributed by atoms with Crippen LogP contribution in [0.2, 0.25) is 0 Å². The molecule has 1 saturated carbocycles. The van der Waals surface area contributed by atoms with E-state index in [1.165, 1.54) is 24.3 Å². The first kappa shape index (κ1) is 22.6. The van der Waals surface area contributed by atoms with Crippen LogP contribution in [0.4, 0.5) is 30.4 Å². The standard InChI is InChI=1S/C20H24F3N5O3/c21-20(22,23)31-18-4-2-1-3-14(18)11-26-19-9-16(17(12-27-19)28(29)30)25-10-13-5-7-15(24)8-6-13/h1-4,9,12-13,15H,5-8,10-11,24H2,(H2,25,26,27)/t13-,15-. The SMILES string of the molecule is N[C@H]1CC[C@H](CNc2cc(NCc3ccccc3OC(F)(F)F)ncc2[N+](=O)[O-])CC1. The highest BCUT2D eigenvalue weighted by Crippen LogP contribution is 2.30. The number of halogens is 3. The third kappa shape index (κ3) is 6.71.